The molecule has 1 N–H and O–H groups in total. The lowest BCUT2D eigenvalue weighted by Crippen LogP contribution is -2.25. The molecule has 130 valence electrons. The number of thiophene rings is 1. The van der Waals surface area contributed by atoms with Crippen molar-refractivity contribution >= 4 is 27.3 Å². The van der Waals surface area contributed by atoms with Crippen LogP contribution in [0.15, 0.2) is 16.3 Å². The topological polar surface area (TPSA) is 130 Å². The van der Waals surface area contributed by atoms with E-state index in [4.69, 9.17) is 9.47 Å². The van der Waals surface area contributed by atoms with Gasteiger partial charge in [-0.2, -0.15) is 9.97 Å². The highest BCUT2D eigenvalue weighted by atomic mass is 32.2. The molecule has 0 aliphatic rings. The Balaban J connectivity index is 2.22. The summed E-state index contributed by atoms with van der Waals surface area (Å²) >= 11 is 0.968. The van der Waals surface area contributed by atoms with Gasteiger partial charge in [0.05, 0.1) is 27.9 Å². The van der Waals surface area contributed by atoms with Crippen molar-refractivity contribution < 1.29 is 27.4 Å². The minimum Gasteiger partial charge on any atom is -0.467 e. The molecule has 0 aromatic carbocycles. The van der Waals surface area contributed by atoms with E-state index in [1.54, 1.807) is 0 Å². The van der Waals surface area contributed by atoms with Crippen LogP contribution in [0.4, 0.5) is 0 Å². The van der Waals surface area contributed by atoms with Crippen LogP contribution in [0.25, 0.3) is 0 Å². The Labute approximate surface area is 141 Å². The molecule has 12 heteroatoms. The second-order valence-electron chi connectivity index (χ2n) is 4.16. The molecule has 0 aliphatic carbocycles. The van der Waals surface area contributed by atoms with E-state index in [0.717, 1.165) is 11.3 Å². The lowest BCUT2D eigenvalue weighted by Gasteiger charge is -2.08. The van der Waals surface area contributed by atoms with E-state index in [1.807, 2.05) is 0 Å². The van der Waals surface area contributed by atoms with Gasteiger partial charge in [-0.15, -0.1) is 16.3 Å². The third-order valence-electron chi connectivity index (χ3n) is 2.72. The molecule has 2 aromatic rings. The van der Waals surface area contributed by atoms with Crippen LogP contribution in [-0.4, -0.2) is 50.7 Å². The van der Waals surface area contributed by atoms with Crippen molar-refractivity contribution in [2.24, 2.45) is 0 Å². The second kappa shape index (κ2) is 7.51. The van der Waals surface area contributed by atoms with E-state index in [2.05, 4.69) is 24.4 Å². The van der Waals surface area contributed by atoms with Gasteiger partial charge in [0.2, 0.25) is 10.0 Å². The number of nitrogens with zero attached hydrogens (tertiary/aromatic N) is 3. The first-order valence-electron chi connectivity index (χ1n) is 6.39. The Morgan fingerprint density at radius 2 is 1.79 bits per heavy atom. The van der Waals surface area contributed by atoms with Crippen molar-refractivity contribution in [3.63, 3.8) is 0 Å². The number of rotatable bonds is 7. The molecule has 0 atom stereocenters. The molecule has 2 rings (SSSR count). The average Bonchev–Trinajstić information content (AvgIpc) is 3.09. The molecule has 0 unspecified atom stereocenters. The molecule has 0 bridgehead atoms. The average molecular weight is 374 g/mol. The summed E-state index contributed by atoms with van der Waals surface area (Å²) in [7, 11) is -0.0710. The van der Waals surface area contributed by atoms with Crippen molar-refractivity contribution in [3.8, 4) is 12.0 Å². The van der Waals surface area contributed by atoms with E-state index in [0.29, 0.717) is 0 Å². The van der Waals surface area contributed by atoms with Gasteiger partial charge in [0.1, 0.15) is 9.77 Å². The molecular formula is C12H14N4O6S2. The first-order valence-corrected chi connectivity index (χ1v) is 8.76. The molecule has 10 nitrogen and oxygen atoms in total. The summed E-state index contributed by atoms with van der Waals surface area (Å²) in [6.07, 6.45) is 0. The minimum atomic E-state index is -3.96. The van der Waals surface area contributed by atoms with Crippen LogP contribution in [0.1, 0.15) is 15.5 Å². The van der Waals surface area contributed by atoms with Crippen LogP contribution in [-0.2, 0) is 21.3 Å². The van der Waals surface area contributed by atoms with Crippen molar-refractivity contribution in [1.82, 2.24) is 19.7 Å². The molecule has 0 saturated heterocycles. The van der Waals surface area contributed by atoms with E-state index in [1.165, 1.54) is 32.8 Å². The molecule has 0 amide bonds. The number of hydrogen-bond acceptors (Lipinski definition) is 10. The lowest BCUT2D eigenvalue weighted by molar-refractivity contribution is 0.0602. The lowest BCUT2D eigenvalue weighted by atomic mass is 10.5. The Kier molecular flexibility index (Phi) is 5.64. The first kappa shape index (κ1) is 18.0. The van der Waals surface area contributed by atoms with E-state index in [9.17, 15) is 13.2 Å². The number of carbonyl (C=O) groups is 1. The van der Waals surface area contributed by atoms with Crippen LogP contribution < -0.4 is 14.2 Å². The third-order valence-corrected chi connectivity index (χ3v) is 5.18. The van der Waals surface area contributed by atoms with Crippen molar-refractivity contribution in [3.05, 3.63) is 22.1 Å². The largest absolute Gasteiger partial charge is 0.467 e. The maximum atomic E-state index is 12.4. The molecule has 0 radical (unpaired) electrons. The predicted octanol–water partition coefficient (Wildman–Crippen LogP) is 0.215. The predicted molar refractivity (Wildman–Crippen MR) is 82.6 cm³/mol. The zero-order valence-electron chi connectivity index (χ0n) is 13.0. The van der Waals surface area contributed by atoms with Gasteiger partial charge in [-0.3, -0.25) is 0 Å². The molecule has 0 aliphatic heterocycles. The number of sulfonamides is 1. The highest BCUT2D eigenvalue weighted by molar-refractivity contribution is 7.89. The molecule has 24 heavy (non-hydrogen) atoms. The van der Waals surface area contributed by atoms with Gasteiger partial charge < -0.3 is 14.2 Å². The monoisotopic (exact) mass is 374 g/mol. The number of nitrogens with one attached hydrogen (secondary N) is 1. The van der Waals surface area contributed by atoms with Gasteiger partial charge >= 0.3 is 18.0 Å². The molecular weight excluding hydrogens is 360 g/mol. The minimum absolute atomic E-state index is 0.0122. The molecule has 0 saturated carbocycles. The Morgan fingerprint density at radius 3 is 2.33 bits per heavy atom. The van der Waals surface area contributed by atoms with Gasteiger partial charge in [-0.05, 0) is 11.4 Å². The molecule has 2 heterocycles. The summed E-state index contributed by atoms with van der Waals surface area (Å²) in [4.78, 5) is 23.1. The normalized spacial score (nSPS) is 11.1. The zero-order chi connectivity index (χ0) is 17.7. The summed E-state index contributed by atoms with van der Waals surface area (Å²) in [5, 5.41) is 1.48. The third kappa shape index (κ3) is 3.96. The highest BCUT2D eigenvalue weighted by Crippen LogP contribution is 2.22. The number of carbonyl (C=O) groups excluding carboxylic acids is 1. The smallest absolute Gasteiger partial charge is 0.349 e. The van der Waals surface area contributed by atoms with Gasteiger partial charge in [0.25, 0.3) is 0 Å². The SMILES string of the molecule is COC(=O)c1sccc1S(=O)(=O)NCc1nc(OC)nc(OC)n1. The molecule has 2 aromatic heterocycles. The van der Waals surface area contributed by atoms with E-state index < -0.39 is 16.0 Å². The summed E-state index contributed by atoms with van der Waals surface area (Å²) in [5.41, 5.74) is 0. The Morgan fingerprint density at radius 1 is 1.17 bits per heavy atom. The Bertz CT molecular complexity index is 814. The summed E-state index contributed by atoms with van der Waals surface area (Å²) in [5.74, 6) is -0.633. The number of aromatic nitrogens is 3. The number of hydrogen-bond donors (Lipinski definition) is 1. The van der Waals surface area contributed by atoms with Crippen LogP contribution >= 0.6 is 11.3 Å². The summed E-state index contributed by atoms with van der Waals surface area (Å²) in [6, 6.07) is 1.29. The van der Waals surface area contributed by atoms with Gasteiger partial charge in [-0.25, -0.2) is 17.9 Å². The second-order valence-corrected chi connectivity index (χ2v) is 6.81. The fourth-order valence-corrected chi connectivity index (χ4v) is 3.94. The van der Waals surface area contributed by atoms with Crippen molar-refractivity contribution in [2.45, 2.75) is 11.4 Å². The van der Waals surface area contributed by atoms with E-state index in [-0.39, 0.29) is 34.2 Å². The van der Waals surface area contributed by atoms with Crippen molar-refractivity contribution in [1.29, 1.82) is 0 Å². The van der Waals surface area contributed by atoms with Crippen LogP contribution in [0.2, 0.25) is 0 Å². The number of ether oxygens (including phenoxy) is 3. The quantitative estimate of drug-likeness (QED) is 0.676. The van der Waals surface area contributed by atoms with E-state index >= 15 is 0 Å². The maximum Gasteiger partial charge on any atom is 0.349 e. The first-order chi connectivity index (χ1) is 11.4. The standard InChI is InChI=1S/C12H14N4O6S2/c1-20-10(17)9-7(4-5-23-9)24(18,19)13-6-8-14-11(21-2)16-12(15-8)22-3/h4-5,13H,6H2,1-3H3. The van der Waals surface area contributed by atoms with Gasteiger partial charge in [-0.1, -0.05) is 0 Å². The molecule has 0 spiro atoms. The zero-order valence-corrected chi connectivity index (χ0v) is 14.6. The molecule has 0 fully saturated rings. The van der Waals surface area contributed by atoms with Crippen LogP contribution in [0.3, 0.4) is 0 Å². The fourth-order valence-electron chi connectivity index (χ4n) is 1.63. The van der Waals surface area contributed by atoms with Gasteiger partial charge in [0.15, 0.2) is 5.82 Å². The number of methoxy groups -OCH3 is 3. The maximum absolute atomic E-state index is 12.4. The van der Waals surface area contributed by atoms with Crippen molar-refractivity contribution in [2.75, 3.05) is 21.3 Å². The highest BCUT2D eigenvalue weighted by Gasteiger charge is 2.25. The van der Waals surface area contributed by atoms with Crippen LogP contribution in [0.5, 0.6) is 12.0 Å². The summed E-state index contributed by atoms with van der Waals surface area (Å²) in [6.45, 7) is -0.242. The van der Waals surface area contributed by atoms with Gasteiger partial charge in [0, 0.05) is 0 Å². The summed E-state index contributed by atoms with van der Waals surface area (Å²) < 4.78 is 41.4. The fraction of sp³-hybridized carbons (Fsp3) is 0.333. The Hall–Kier alpha value is -2.31. The van der Waals surface area contributed by atoms with Crippen LogP contribution in [0, 0.1) is 0 Å². The number of esters is 1.